The molecule has 0 fully saturated rings. The number of Topliss-reactive ketones (excluding diaryl/α,β-unsaturated/α-hetero) is 1. The van der Waals surface area contributed by atoms with Crippen LogP contribution >= 0.6 is 0 Å². The van der Waals surface area contributed by atoms with Crippen molar-refractivity contribution in [2.45, 2.75) is 59.3 Å². The van der Waals surface area contributed by atoms with E-state index in [-0.39, 0.29) is 11.2 Å². The van der Waals surface area contributed by atoms with E-state index in [4.69, 9.17) is 0 Å². The second kappa shape index (κ2) is 4.31. The first kappa shape index (κ1) is 13.6. The molecule has 0 bridgehead atoms. The van der Waals surface area contributed by atoms with Crippen molar-refractivity contribution in [3.8, 4) is 0 Å². The summed E-state index contributed by atoms with van der Waals surface area (Å²) in [5.41, 5.74) is 8.09. The van der Waals surface area contributed by atoms with Gasteiger partial charge in [-0.3, -0.25) is 4.79 Å². The molecule has 0 aliphatic heterocycles. The number of hydrogen-bond donors (Lipinski definition) is 0. The van der Waals surface area contributed by atoms with Crippen molar-refractivity contribution in [2.24, 2.45) is 5.92 Å². The molecule has 2 aliphatic carbocycles. The number of carbonyl (C=O) groups is 1. The maximum Gasteiger partial charge on any atom is 0.160 e. The molecule has 0 saturated heterocycles. The van der Waals surface area contributed by atoms with Gasteiger partial charge >= 0.3 is 0 Å². The monoisotopic (exact) mass is 268 g/mol. The molecule has 1 unspecified atom stereocenters. The van der Waals surface area contributed by atoms with E-state index in [1.165, 1.54) is 30.4 Å². The van der Waals surface area contributed by atoms with Crippen LogP contribution in [0, 0.1) is 12.8 Å². The van der Waals surface area contributed by atoms with Crippen molar-refractivity contribution in [1.82, 2.24) is 0 Å². The fourth-order valence-electron chi connectivity index (χ4n) is 4.09. The van der Waals surface area contributed by atoms with Gasteiger partial charge in [0, 0.05) is 11.0 Å². The number of fused-ring (bicyclic) bond motifs is 2. The van der Waals surface area contributed by atoms with E-state index in [1.807, 2.05) is 0 Å². The Morgan fingerprint density at radius 1 is 1.30 bits per heavy atom. The Morgan fingerprint density at radius 2 is 2.00 bits per heavy atom. The lowest BCUT2D eigenvalue weighted by Gasteiger charge is -2.29. The lowest BCUT2D eigenvalue weighted by Crippen LogP contribution is -2.19. The van der Waals surface area contributed by atoms with Crippen LogP contribution in [-0.4, -0.2) is 5.78 Å². The summed E-state index contributed by atoms with van der Waals surface area (Å²) < 4.78 is 0. The molecule has 0 aromatic heterocycles. The van der Waals surface area contributed by atoms with Crippen LogP contribution in [-0.2, 0) is 5.41 Å². The van der Waals surface area contributed by atoms with Crippen LogP contribution in [0.3, 0.4) is 0 Å². The molecule has 1 aromatic rings. The van der Waals surface area contributed by atoms with Gasteiger partial charge in [-0.2, -0.15) is 0 Å². The molecule has 0 radical (unpaired) electrons. The standard InChI is InChI=1S/C19H24O/c1-11-6-7-17-15(8-11)16-9-12(2)14(13(3)20)10-18(16)19(17,4)5/h9-11H,6-8H2,1-5H3. The smallest absolute Gasteiger partial charge is 0.160 e. The normalized spacial score (nSPS) is 23.6. The predicted octanol–water partition coefficient (Wildman–Crippen LogP) is 5.06. The highest BCUT2D eigenvalue weighted by atomic mass is 16.1. The van der Waals surface area contributed by atoms with Crippen LogP contribution in [0.25, 0.3) is 5.57 Å². The van der Waals surface area contributed by atoms with E-state index in [0.717, 1.165) is 17.0 Å². The van der Waals surface area contributed by atoms with E-state index < -0.39 is 0 Å². The average Bonchev–Trinajstić information content (AvgIpc) is 2.56. The predicted molar refractivity (Wildman–Crippen MR) is 84.1 cm³/mol. The number of allylic oxidation sites excluding steroid dienone is 2. The molecule has 106 valence electrons. The van der Waals surface area contributed by atoms with Gasteiger partial charge in [0.1, 0.15) is 0 Å². The third-order valence-corrected chi connectivity index (χ3v) is 5.30. The maximum absolute atomic E-state index is 11.8. The van der Waals surface area contributed by atoms with E-state index in [9.17, 15) is 4.79 Å². The summed E-state index contributed by atoms with van der Waals surface area (Å²) in [6.45, 7) is 10.7. The van der Waals surface area contributed by atoms with Gasteiger partial charge in [0.15, 0.2) is 5.78 Å². The van der Waals surface area contributed by atoms with E-state index in [0.29, 0.717) is 0 Å². The molecule has 2 aliphatic rings. The van der Waals surface area contributed by atoms with Crippen LogP contribution in [0.15, 0.2) is 17.7 Å². The number of hydrogen-bond acceptors (Lipinski definition) is 1. The molecule has 1 heteroatoms. The molecule has 0 spiro atoms. The van der Waals surface area contributed by atoms with Crippen molar-refractivity contribution in [2.75, 3.05) is 0 Å². The Kier molecular flexibility index (Phi) is 2.93. The van der Waals surface area contributed by atoms with Crippen LogP contribution in [0.5, 0.6) is 0 Å². The van der Waals surface area contributed by atoms with Crippen molar-refractivity contribution in [3.63, 3.8) is 0 Å². The van der Waals surface area contributed by atoms with Gasteiger partial charge in [0.25, 0.3) is 0 Å². The molecule has 1 atom stereocenters. The van der Waals surface area contributed by atoms with Crippen molar-refractivity contribution in [1.29, 1.82) is 0 Å². The second-order valence-electron chi connectivity index (χ2n) is 7.20. The van der Waals surface area contributed by atoms with Crippen LogP contribution in [0.1, 0.15) is 74.0 Å². The quantitative estimate of drug-likeness (QED) is 0.650. The minimum atomic E-state index is 0.0999. The number of benzene rings is 1. The van der Waals surface area contributed by atoms with E-state index in [1.54, 1.807) is 18.1 Å². The molecular weight excluding hydrogens is 244 g/mol. The molecule has 1 nitrogen and oxygen atoms in total. The summed E-state index contributed by atoms with van der Waals surface area (Å²) in [5.74, 6) is 0.961. The highest BCUT2D eigenvalue weighted by molar-refractivity contribution is 5.97. The van der Waals surface area contributed by atoms with Gasteiger partial charge in [-0.05, 0) is 67.4 Å². The lowest BCUT2D eigenvalue weighted by molar-refractivity contribution is 0.101. The largest absolute Gasteiger partial charge is 0.295 e. The zero-order valence-electron chi connectivity index (χ0n) is 13.3. The third-order valence-electron chi connectivity index (χ3n) is 5.30. The van der Waals surface area contributed by atoms with Gasteiger partial charge < -0.3 is 0 Å². The maximum atomic E-state index is 11.8. The zero-order valence-corrected chi connectivity index (χ0v) is 13.3. The Balaban J connectivity index is 2.22. The number of carbonyl (C=O) groups excluding carboxylic acids is 1. The zero-order chi connectivity index (χ0) is 14.7. The first-order valence-electron chi connectivity index (χ1n) is 7.71. The van der Waals surface area contributed by atoms with Crippen LogP contribution in [0.2, 0.25) is 0 Å². The molecule has 0 saturated carbocycles. The SMILES string of the molecule is CC(=O)c1cc2c(cc1C)C1=C(CCC(C)C1)C2(C)C. The summed E-state index contributed by atoms with van der Waals surface area (Å²) in [6, 6.07) is 4.42. The number of aryl methyl sites for hydroxylation is 1. The van der Waals surface area contributed by atoms with E-state index >= 15 is 0 Å². The van der Waals surface area contributed by atoms with Crippen molar-refractivity contribution in [3.05, 3.63) is 40.0 Å². The van der Waals surface area contributed by atoms with Crippen LogP contribution < -0.4 is 0 Å². The summed E-state index contributed by atoms with van der Waals surface area (Å²) in [5, 5.41) is 0. The fourth-order valence-corrected chi connectivity index (χ4v) is 4.09. The minimum Gasteiger partial charge on any atom is -0.295 e. The van der Waals surface area contributed by atoms with E-state index in [2.05, 4.69) is 39.8 Å². The summed E-state index contributed by atoms with van der Waals surface area (Å²) in [7, 11) is 0. The third kappa shape index (κ3) is 1.79. The average molecular weight is 268 g/mol. The first-order chi connectivity index (χ1) is 9.32. The Labute approximate surface area is 122 Å². The Hall–Kier alpha value is -1.37. The Bertz CT molecular complexity index is 631. The van der Waals surface area contributed by atoms with Gasteiger partial charge in [0.2, 0.25) is 0 Å². The number of rotatable bonds is 1. The molecule has 1 aromatic carbocycles. The number of ketones is 1. The second-order valence-corrected chi connectivity index (χ2v) is 7.20. The first-order valence-corrected chi connectivity index (χ1v) is 7.71. The van der Waals surface area contributed by atoms with Crippen molar-refractivity contribution < 1.29 is 4.79 Å². The van der Waals surface area contributed by atoms with Gasteiger partial charge in [-0.1, -0.05) is 32.4 Å². The van der Waals surface area contributed by atoms with Gasteiger partial charge in [-0.25, -0.2) is 0 Å². The highest BCUT2D eigenvalue weighted by Gasteiger charge is 2.39. The summed E-state index contributed by atoms with van der Waals surface area (Å²) in [4.78, 5) is 11.8. The minimum absolute atomic E-state index is 0.0999. The van der Waals surface area contributed by atoms with Crippen molar-refractivity contribution >= 4 is 11.4 Å². The topological polar surface area (TPSA) is 17.1 Å². The molecule has 20 heavy (non-hydrogen) atoms. The Morgan fingerprint density at radius 3 is 2.65 bits per heavy atom. The van der Waals surface area contributed by atoms with Gasteiger partial charge in [0.05, 0.1) is 0 Å². The lowest BCUT2D eigenvalue weighted by atomic mass is 9.75. The summed E-state index contributed by atoms with van der Waals surface area (Å²) in [6.07, 6.45) is 3.71. The molecule has 3 rings (SSSR count). The molecule has 0 amide bonds. The molecule has 0 heterocycles. The molecular formula is C19H24O. The fraction of sp³-hybridized carbons (Fsp3) is 0.526. The summed E-state index contributed by atoms with van der Waals surface area (Å²) >= 11 is 0. The van der Waals surface area contributed by atoms with Gasteiger partial charge in [-0.15, -0.1) is 0 Å². The highest BCUT2D eigenvalue weighted by Crippen LogP contribution is 2.53. The van der Waals surface area contributed by atoms with Crippen LogP contribution in [0.4, 0.5) is 0 Å². The molecule has 0 N–H and O–H groups in total.